The molecule has 9 heteroatoms. The first-order valence-corrected chi connectivity index (χ1v) is 17.0. The van der Waals surface area contributed by atoms with Gasteiger partial charge in [0.15, 0.2) is 0 Å². The summed E-state index contributed by atoms with van der Waals surface area (Å²) in [4.78, 5) is 49.3. The first-order chi connectivity index (χ1) is 23.6. The number of rotatable bonds is 8. The second-order valence-corrected chi connectivity index (χ2v) is 14.0. The molecule has 0 radical (unpaired) electrons. The maximum Gasteiger partial charge on any atom is 0.340 e. The molecule has 0 N–H and O–H groups in total. The number of allylic oxidation sites excluding steroid dienone is 2. The lowest BCUT2D eigenvalue weighted by atomic mass is 9.68. The van der Waals surface area contributed by atoms with Gasteiger partial charge < -0.3 is 18.9 Å². The minimum atomic E-state index is -0.969. The van der Waals surface area contributed by atoms with Crippen LogP contribution in [0.1, 0.15) is 86.1 Å². The SMILES string of the molecule is CC(C)=C1CC[C@]2(COC(=O)Cc3ccccc3)[C@@H](OC(=O)c3cccnc3)/C=C(\C)CC[C@H]3O[C@@]3(C)CC(OC(=O)c3cccnc3)[C@@H]12. The van der Waals surface area contributed by atoms with Gasteiger partial charge in [-0.05, 0) is 89.3 Å². The summed E-state index contributed by atoms with van der Waals surface area (Å²) in [5.74, 6) is -1.88. The average Bonchev–Trinajstić information content (AvgIpc) is 3.57. The molecule has 2 aliphatic carbocycles. The van der Waals surface area contributed by atoms with Gasteiger partial charge in [0.05, 0.1) is 34.7 Å². The Balaban J connectivity index is 1.46. The number of carbonyl (C=O) groups is 3. The Morgan fingerprint density at radius 3 is 2.20 bits per heavy atom. The van der Waals surface area contributed by atoms with Gasteiger partial charge in [-0.1, -0.05) is 47.1 Å². The van der Waals surface area contributed by atoms with Crippen molar-refractivity contribution < 1.29 is 33.3 Å². The number of ether oxygens (including phenoxy) is 4. The Morgan fingerprint density at radius 1 is 0.898 bits per heavy atom. The van der Waals surface area contributed by atoms with E-state index in [2.05, 4.69) is 16.9 Å². The zero-order chi connectivity index (χ0) is 34.6. The molecule has 0 bridgehead atoms. The largest absolute Gasteiger partial charge is 0.465 e. The fourth-order valence-electron chi connectivity index (χ4n) is 7.61. The molecule has 3 aliphatic rings. The highest BCUT2D eigenvalue weighted by Crippen LogP contribution is 2.57. The van der Waals surface area contributed by atoms with Crippen LogP contribution in [0.4, 0.5) is 0 Å². The van der Waals surface area contributed by atoms with Crippen molar-refractivity contribution in [2.24, 2.45) is 11.3 Å². The van der Waals surface area contributed by atoms with Gasteiger partial charge >= 0.3 is 17.9 Å². The van der Waals surface area contributed by atoms with Gasteiger partial charge in [-0.15, -0.1) is 0 Å². The number of carbonyl (C=O) groups excluding carboxylic acids is 3. The first-order valence-electron chi connectivity index (χ1n) is 17.0. The summed E-state index contributed by atoms with van der Waals surface area (Å²) in [5, 5.41) is 0. The maximum absolute atomic E-state index is 13.8. The first kappa shape index (κ1) is 34.2. The molecule has 0 amide bonds. The topological polar surface area (TPSA) is 117 Å². The predicted molar refractivity (Wildman–Crippen MR) is 182 cm³/mol. The molecule has 3 aromatic rings. The summed E-state index contributed by atoms with van der Waals surface area (Å²) in [6, 6.07) is 16.2. The smallest absolute Gasteiger partial charge is 0.340 e. The van der Waals surface area contributed by atoms with Crippen LogP contribution in [-0.2, 0) is 30.2 Å². The third-order valence-corrected chi connectivity index (χ3v) is 10.3. The van der Waals surface area contributed by atoms with Crippen LogP contribution in [0.2, 0.25) is 0 Å². The van der Waals surface area contributed by atoms with E-state index in [1.165, 1.54) is 12.4 Å². The number of benzene rings is 1. The lowest BCUT2D eigenvalue weighted by molar-refractivity contribution is -0.152. The highest BCUT2D eigenvalue weighted by Gasteiger charge is 2.61. The molecule has 1 saturated heterocycles. The van der Waals surface area contributed by atoms with Crippen molar-refractivity contribution in [3.8, 4) is 0 Å². The Morgan fingerprint density at radius 2 is 1.57 bits per heavy atom. The molecule has 2 fully saturated rings. The Hall–Kier alpha value is -4.63. The van der Waals surface area contributed by atoms with Crippen molar-refractivity contribution in [3.05, 3.63) is 119 Å². The van der Waals surface area contributed by atoms with Crippen molar-refractivity contribution in [3.63, 3.8) is 0 Å². The molecule has 1 unspecified atom stereocenters. The van der Waals surface area contributed by atoms with Crippen LogP contribution < -0.4 is 0 Å². The van der Waals surface area contributed by atoms with Crippen LogP contribution in [0.5, 0.6) is 0 Å². The molecule has 1 aliphatic heterocycles. The van der Waals surface area contributed by atoms with Crippen LogP contribution in [-0.4, -0.2) is 58.4 Å². The van der Waals surface area contributed by atoms with Gasteiger partial charge in [0.1, 0.15) is 18.8 Å². The molecule has 1 saturated carbocycles. The van der Waals surface area contributed by atoms with Gasteiger partial charge in [-0.2, -0.15) is 0 Å². The van der Waals surface area contributed by atoms with Gasteiger partial charge in [-0.25, -0.2) is 9.59 Å². The molecule has 6 rings (SSSR count). The number of fused-ring (bicyclic) bond motifs is 2. The highest BCUT2D eigenvalue weighted by atomic mass is 16.6. The summed E-state index contributed by atoms with van der Waals surface area (Å²) in [7, 11) is 0. The number of hydrogen-bond donors (Lipinski definition) is 0. The average molecular weight is 665 g/mol. The third-order valence-electron chi connectivity index (χ3n) is 10.3. The van der Waals surface area contributed by atoms with E-state index in [1.807, 2.05) is 57.2 Å². The van der Waals surface area contributed by atoms with Gasteiger partial charge in [0, 0.05) is 37.1 Å². The molecular formula is C40H44N2O7. The lowest BCUT2D eigenvalue weighted by Gasteiger charge is -2.43. The quantitative estimate of drug-likeness (QED) is 0.108. The Kier molecular flexibility index (Phi) is 10.1. The number of aromatic nitrogens is 2. The minimum absolute atomic E-state index is 0.0143. The van der Waals surface area contributed by atoms with Crippen molar-refractivity contribution in [1.82, 2.24) is 9.97 Å². The third kappa shape index (κ3) is 7.67. The highest BCUT2D eigenvalue weighted by molar-refractivity contribution is 5.89. The van der Waals surface area contributed by atoms with Crippen LogP contribution in [0.25, 0.3) is 0 Å². The molecule has 6 atom stereocenters. The lowest BCUT2D eigenvalue weighted by Crippen LogP contribution is -2.50. The maximum atomic E-state index is 13.8. The van der Waals surface area contributed by atoms with Crippen molar-refractivity contribution >= 4 is 17.9 Å². The van der Waals surface area contributed by atoms with E-state index in [0.29, 0.717) is 30.4 Å². The van der Waals surface area contributed by atoms with Crippen LogP contribution in [0, 0.1) is 11.3 Å². The van der Waals surface area contributed by atoms with Gasteiger partial charge in [0.2, 0.25) is 0 Å². The number of hydrogen-bond acceptors (Lipinski definition) is 9. The van der Waals surface area contributed by atoms with E-state index in [4.69, 9.17) is 18.9 Å². The zero-order valence-corrected chi connectivity index (χ0v) is 28.6. The van der Waals surface area contributed by atoms with E-state index < -0.39 is 47.0 Å². The second kappa shape index (κ2) is 14.5. The van der Waals surface area contributed by atoms with E-state index in [-0.39, 0.29) is 19.1 Å². The van der Waals surface area contributed by atoms with Crippen LogP contribution >= 0.6 is 0 Å². The van der Waals surface area contributed by atoms with Crippen molar-refractivity contribution in [2.75, 3.05) is 6.61 Å². The second-order valence-electron chi connectivity index (χ2n) is 14.0. The molecule has 49 heavy (non-hydrogen) atoms. The number of pyridine rings is 2. The Bertz CT molecular complexity index is 1720. The van der Waals surface area contributed by atoms with Gasteiger partial charge in [0.25, 0.3) is 0 Å². The van der Waals surface area contributed by atoms with E-state index >= 15 is 0 Å². The molecule has 256 valence electrons. The predicted octanol–water partition coefficient (Wildman–Crippen LogP) is 7.03. The number of nitrogens with zero attached hydrogens (tertiary/aromatic N) is 2. The normalized spacial score (nSPS) is 28.8. The molecule has 3 heterocycles. The summed E-state index contributed by atoms with van der Waals surface area (Å²) in [6.07, 6.45) is 9.88. The molecule has 0 spiro atoms. The van der Waals surface area contributed by atoms with E-state index in [9.17, 15) is 14.4 Å². The van der Waals surface area contributed by atoms with Crippen molar-refractivity contribution in [2.45, 2.75) is 90.1 Å². The summed E-state index contributed by atoms with van der Waals surface area (Å²) >= 11 is 0. The molecule has 2 aromatic heterocycles. The fourth-order valence-corrected chi connectivity index (χ4v) is 7.61. The van der Waals surface area contributed by atoms with Crippen LogP contribution in [0.3, 0.4) is 0 Å². The molecule has 9 nitrogen and oxygen atoms in total. The van der Waals surface area contributed by atoms with E-state index in [0.717, 1.165) is 35.1 Å². The number of epoxide rings is 1. The standard InChI is InChI=1S/C40H44N2O7/c1-26(2)31-16-17-40(25-46-35(43)21-28-10-6-5-7-11-28)34(48-38(45)30-13-9-19-42-24-30)20-27(3)14-15-33-39(4,49-33)22-32(36(31)40)47-37(44)29-12-8-18-41-23-29/h5-13,18-20,23-24,32-34,36H,14-17,21-22,25H2,1-4H3/b27-20+/t32?,33-,34+,36-,39+,40+/m1/s1. The Labute approximate surface area is 287 Å². The monoisotopic (exact) mass is 664 g/mol. The van der Waals surface area contributed by atoms with Crippen molar-refractivity contribution in [1.29, 1.82) is 0 Å². The van der Waals surface area contributed by atoms with Crippen LogP contribution in [0.15, 0.2) is 102 Å². The molecule has 1 aromatic carbocycles. The van der Waals surface area contributed by atoms with Gasteiger partial charge in [-0.3, -0.25) is 14.8 Å². The summed E-state index contributed by atoms with van der Waals surface area (Å²) in [5.41, 5.74) is 3.21. The molecular weight excluding hydrogens is 620 g/mol. The number of esters is 3. The summed E-state index contributed by atoms with van der Waals surface area (Å²) in [6.45, 7) is 8.15. The summed E-state index contributed by atoms with van der Waals surface area (Å²) < 4.78 is 25.5. The fraction of sp³-hybridized carbons (Fsp3) is 0.425. The zero-order valence-electron chi connectivity index (χ0n) is 28.6. The minimum Gasteiger partial charge on any atom is -0.465 e. The van der Waals surface area contributed by atoms with E-state index in [1.54, 1.807) is 36.7 Å².